The number of carbonyl (C=O) groups excluding carboxylic acids is 1. The summed E-state index contributed by atoms with van der Waals surface area (Å²) in [6, 6.07) is 11.0. The zero-order valence-corrected chi connectivity index (χ0v) is 16.8. The number of sulfonamides is 1. The average molecular weight is 415 g/mol. The molecule has 2 aromatic rings. The van der Waals surface area contributed by atoms with E-state index in [0.29, 0.717) is 12.1 Å². The number of anilines is 1. The Hall–Kier alpha value is -1.60. The number of benzene rings is 2. The van der Waals surface area contributed by atoms with E-state index in [9.17, 15) is 13.2 Å². The lowest BCUT2D eigenvalue weighted by Gasteiger charge is -2.15. The van der Waals surface area contributed by atoms with Crippen molar-refractivity contribution >= 4 is 44.8 Å². The zero-order chi connectivity index (χ0) is 19.3. The molecule has 1 amide bonds. The van der Waals surface area contributed by atoms with Gasteiger partial charge in [0.1, 0.15) is 4.90 Å². The van der Waals surface area contributed by atoms with Gasteiger partial charge in [-0.3, -0.25) is 4.79 Å². The minimum Gasteiger partial charge on any atom is -0.322 e. The number of rotatable bonds is 7. The van der Waals surface area contributed by atoms with Gasteiger partial charge in [0.2, 0.25) is 10.0 Å². The monoisotopic (exact) mass is 414 g/mol. The topological polar surface area (TPSA) is 75.3 Å². The van der Waals surface area contributed by atoms with Gasteiger partial charge in [-0.25, -0.2) is 13.1 Å². The van der Waals surface area contributed by atoms with Gasteiger partial charge in [0.05, 0.1) is 15.6 Å². The highest BCUT2D eigenvalue weighted by molar-refractivity contribution is 7.89. The first-order valence-corrected chi connectivity index (χ1v) is 10.4. The predicted molar refractivity (Wildman–Crippen MR) is 106 cm³/mol. The molecule has 0 heterocycles. The zero-order valence-electron chi connectivity index (χ0n) is 14.4. The molecule has 0 aliphatic heterocycles. The van der Waals surface area contributed by atoms with Gasteiger partial charge in [-0.1, -0.05) is 54.7 Å². The molecule has 0 radical (unpaired) electrons. The number of nitrogens with one attached hydrogen (secondary N) is 2. The van der Waals surface area contributed by atoms with E-state index in [1.807, 2.05) is 13.0 Å². The van der Waals surface area contributed by atoms with Crippen molar-refractivity contribution in [3.05, 3.63) is 58.1 Å². The summed E-state index contributed by atoms with van der Waals surface area (Å²) in [5, 5.41) is 2.71. The maximum Gasteiger partial charge on any atom is 0.257 e. The molecular formula is C18H20Cl2N2O3S. The van der Waals surface area contributed by atoms with Crippen molar-refractivity contribution in [1.29, 1.82) is 0 Å². The minimum absolute atomic E-state index is 0.0310. The van der Waals surface area contributed by atoms with Gasteiger partial charge in [0.15, 0.2) is 0 Å². The molecule has 2 rings (SSSR count). The molecule has 0 spiro atoms. The number of hydrogen-bond donors (Lipinski definition) is 2. The van der Waals surface area contributed by atoms with E-state index in [1.165, 1.54) is 12.1 Å². The van der Waals surface area contributed by atoms with Crippen molar-refractivity contribution in [2.75, 3.05) is 5.32 Å². The SMILES string of the molecule is CCC[C@@H](C)NS(=O)(=O)c1cc(C(=O)Nc2ccccc2)c(Cl)cc1Cl. The highest BCUT2D eigenvalue weighted by Crippen LogP contribution is 2.29. The largest absolute Gasteiger partial charge is 0.322 e. The lowest BCUT2D eigenvalue weighted by molar-refractivity contribution is 0.102. The van der Waals surface area contributed by atoms with Gasteiger partial charge in [-0.15, -0.1) is 0 Å². The maximum absolute atomic E-state index is 12.6. The van der Waals surface area contributed by atoms with Crippen LogP contribution in [0.3, 0.4) is 0 Å². The van der Waals surface area contributed by atoms with Crippen LogP contribution in [0.25, 0.3) is 0 Å². The van der Waals surface area contributed by atoms with Gasteiger partial charge in [-0.2, -0.15) is 0 Å². The van der Waals surface area contributed by atoms with Gasteiger partial charge in [0, 0.05) is 11.7 Å². The third-order valence-electron chi connectivity index (χ3n) is 3.67. The van der Waals surface area contributed by atoms with E-state index in [0.717, 1.165) is 6.42 Å². The van der Waals surface area contributed by atoms with E-state index in [4.69, 9.17) is 23.2 Å². The average Bonchev–Trinajstić information content (AvgIpc) is 2.55. The summed E-state index contributed by atoms with van der Waals surface area (Å²) in [6.07, 6.45) is 1.52. The Balaban J connectivity index is 2.35. The third-order valence-corrected chi connectivity index (χ3v) is 6.03. The predicted octanol–water partition coefficient (Wildman–Crippen LogP) is 4.71. The molecule has 140 valence electrons. The van der Waals surface area contributed by atoms with Gasteiger partial charge >= 0.3 is 0 Å². The molecule has 2 aromatic carbocycles. The van der Waals surface area contributed by atoms with Crippen LogP contribution in [0.2, 0.25) is 10.0 Å². The molecule has 0 saturated heterocycles. The van der Waals surface area contributed by atoms with Crippen molar-refractivity contribution in [1.82, 2.24) is 4.72 Å². The minimum atomic E-state index is -3.88. The van der Waals surface area contributed by atoms with Crippen LogP contribution in [0.15, 0.2) is 47.4 Å². The molecule has 1 atom stereocenters. The summed E-state index contributed by atoms with van der Waals surface area (Å²) in [5.41, 5.74) is 0.603. The second-order valence-electron chi connectivity index (χ2n) is 5.89. The van der Waals surface area contributed by atoms with Crippen LogP contribution in [0, 0.1) is 0 Å². The Morgan fingerprint density at radius 2 is 1.77 bits per heavy atom. The second kappa shape index (κ2) is 8.86. The summed E-state index contributed by atoms with van der Waals surface area (Å²) in [4.78, 5) is 12.3. The molecule has 0 aliphatic carbocycles. The number of hydrogen-bond acceptors (Lipinski definition) is 3. The molecular weight excluding hydrogens is 395 g/mol. The van der Waals surface area contributed by atoms with Crippen molar-refractivity contribution in [2.24, 2.45) is 0 Å². The number of amides is 1. The van der Waals surface area contributed by atoms with E-state index in [2.05, 4.69) is 10.0 Å². The first-order valence-electron chi connectivity index (χ1n) is 8.12. The molecule has 0 bridgehead atoms. The number of para-hydroxylation sites is 1. The van der Waals surface area contributed by atoms with Crippen molar-refractivity contribution in [2.45, 2.75) is 37.6 Å². The molecule has 0 unspecified atom stereocenters. The molecule has 0 aromatic heterocycles. The van der Waals surface area contributed by atoms with Crippen molar-refractivity contribution in [3.8, 4) is 0 Å². The molecule has 0 fully saturated rings. The summed E-state index contributed by atoms with van der Waals surface area (Å²) < 4.78 is 27.8. The van der Waals surface area contributed by atoms with E-state index < -0.39 is 15.9 Å². The first-order chi connectivity index (χ1) is 12.2. The molecule has 8 heteroatoms. The van der Waals surface area contributed by atoms with Gasteiger partial charge < -0.3 is 5.32 Å². The fraction of sp³-hybridized carbons (Fsp3) is 0.278. The summed E-state index contributed by atoms with van der Waals surface area (Å²) in [5.74, 6) is -0.518. The van der Waals surface area contributed by atoms with E-state index >= 15 is 0 Å². The highest BCUT2D eigenvalue weighted by atomic mass is 35.5. The third kappa shape index (κ3) is 5.20. The molecule has 26 heavy (non-hydrogen) atoms. The van der Waals surface area contributed by atoms with E-state index in [-0.39, 0.29) is 26.5 Å². The van der Waals surface area contributed by atoms with Crippen molar-refractivity contribution in [3.63, 3.8) is 0 Å². The fourth-order valence-corrected chi connectivity index (χ4v) is 4.59. The molecule has 2 N–H and O–H groups in total. The van der Waals surface area contributed by atoms with E-state index in [1.54, 1.807) is 31.2 Å². The Kier molecular flexibility index (Phi) is 7.06. The van der Waals surface area contributed by atoms with Crippen LogP contribution in [0.4, 0.5) is 5.69 Å². The standard InChI is InChI=1S/C18H20Cl2N2O3S/c1-3-7-12(2)22-26(24,25)17-10-14(15(19)11-16(17)20)18(23)21-13-8-5-4-6-9-13/h4-6,8-12,22H,3,7H2,1-2H3,(H,21,23)/t12-/m1/s1. The number of carbonyl (C=O) groups is 1. The van der Waals surface area contributed by atoms with Gasteiger partial charge in [0.25, 0.3) is 5.91 Å². The van der Waals surface area contributed by atoms with Crippen LogP contribution >= 0.6 is 23.2 Å². The molecule has 0 saturated carbocycles. The summed E-state index contributed by atoms with van der Waals surface area (Å²) in [6.45, 7) is 3.74. The molecule has 5 nitrogen and oxygen atoms in total. The fourth-order valence-electron chi connectivity index (χ4n) is 2.45. The normalized spacial score (nSPS) is 12.6. The summed E-state index contributed by atoms with van der Waals surface area (Å²) in [7, 11) is -3.88. The quantitative estimate of drug-likeness (QED) is 0.688. The van der Waals surface area contributed by atoms with Gasteiger partial charge in [-0.05, 0) is 37.6 Å². The molecule has 0 aliphatic rings. The first kappa shape index (κ1) is 20.7. The Morgan fingerprint density at radius 1 is 1.12 bits per heavy atom. The lowest BCUT2D eigenvalue weighted by atomic mass is 10.2. The second-order valence-corrected chi connectivity index (χ2v) is 8.39. The van der Waals surface area contributed by atoms with Crippen LogP contribution in [0.5, 0.6) is 0 Å². The van der Waals surface area contributed by atoms with Crippen LogP contribution in [0.1, 0.15) is 37.0 Å². The van der Waals surface area contributed by atoms with Crippen molar-refractivity contribution < 1.29 is 13.2 Å². The Morgan fingerprint density at radius 3 is 2.38 bits per heavy atom. The van der Waals surface area contributed by atoms with Crippen LogP contribution in [-0.2, 0) is 10.0 Å². The highest BCUT2D eigenvalue weighted by Gasteiger charge is 2.24. The Labute approximate surface area is 163 Å². The van der Waals surface area contributed by atoms with Crippen LogP contribution < -0.4 is 10.0 Å². The summed E-state index contributed by atoms with van der Waals surface area (Å²) >= 11 is 12.2. The smallest absolute Gasteiger partial charge is 0.257 e. The maximum atomic E-state index is 12.6. The Bertz CT molecular complexity index is 887. The lowest BCUT2D eigenvalue weighted by Crippen LogP contribution is -2.32. The number of halogens is 2. The van der Waals surface area contributed by atoms with Crippen LogP contribution in [-0.4, -0.2) is 20.4 Å².